The number of hydrogen-bond donors (Lipinski definition) is 1. The first-order valence-corrected chi connectivity index (χ1v) is 9.31. The van der Waals surface area contributed by atoms with Crippen molar-refractivity contribution in [2.75, 3.05) is 12.3 Å². The molecule has 0 amide bonds. The van der Waals surface area contributed by atoms with E-state index in [0.29, 0.717) is 11.8 Å². The van der Waals surface area contributed by atoms with Crippen LogP contribution >= 0.6 is 0 Å². The summed E-state index contributed by atoms with van der Waals surface area (Å²) in [5, 5.41) is 3.58. The molecule has 0 spiro atoms. The van der Waals surface area contributed by atoms with E-state index in [1.807, 2.05) is 0 Å². The van der Waals surface area contributed by atoms with Crippen LogP contribution in [0.1, 0.15) is 43.7 Å². The van der Waals surface area contributed by atoms with Gasteiger partial charge in [-0.15, -0.1) is 0 Å². The first-order valence-electron chi connectivity index (χ1n) is 7.83. The lowest BCUT2D eigenvalue weighted by Gasteiger charge is -2.20. The van der Waals surface area contributed by atoms with E-state index in [-0.39, 0.29) is 0 Å². The fraction of sp³-hybridized carbons (Fsp3) is 0.647. The van der Waals surface area contributed by atoms with Crippen molar-refractivity contribution >= 4 is 10.8 Å². The van der Waals surface area contributed by atoms with Gasteiger partial charge in [-0.2, -0.15) is 0 Å². The number of hydrogen-bond acceptors (Lipinski definition) is 2. The van der Waals surface area contributed by atoms with Crippen molar-refractivity contribution in [1.29, 1.82) is 0 Å². The Kier molecular flexibility index (Phi) is 6.24. The van der Waals surface area contributed by atoms with Crippen LogP contribution in [-0.2, 0) is 16.6 Å². The van der Waals surface area contributed by atoms with E-state index in [9.17, 15) is 4.21 Å². The standard InChI is InChI=1S/C17H27NOS/c1-3-18-17-9-5-8-16(17)10-11-20(19)13-15-7-4-6-14(2)12-15/h4,6-7,12,16-18H,3,5,8-11,13H2,1-2H3. The van der Waals surface area contributed by atoms with Crippen LogP contribution in [0, 0.1) is 12.8 Å². The van der Waals surface area contributed by atoms with Gasteiger partial charge in [-0.1, -0.05) is 43.2 Å². The van der Waals surface area contributed by atoms with E-state index in [1.54, 1.807) is 0 Å². The van der Waals surface area contributed by atoms with Crippen molar-refractivity contribution in [3.8, 4) is 0 Å². The molecule has 3 heteroatoms. The van der Waals surface area contributed by atoms with Crippen molar-refractivity contribution in [1.82, 2.24) is 5.32 Å². The van der Waals surface area contributed by atoms with E-state index in [1.165, 1.54) is 30.4 Å². The van der Waals surface area contributed by atoms with Gasteiger partial charge in [0.25, 0.3) is 0 Å². The van der Waals surface area contributed by atoms with E-state index in [2.05, 4.69) is 43.4 Å². The Balaban J connectivity index is 1.77. The predicted molar refractivity (Wildman–Crippen MR) is 87.3 cm³/mol. The van der Waals surface area contributed by atoms with Crippen LogP contribution in [0.25, 0.3) is 0 Å². The third-order valence-electron chi connectivity index (χ3n) is 4.25. The summed E-state index contributed by atoms with van der Waals surface area (Å²) in [4.78, 5) is 0. The first kappa shape index (κ1) is 15.7. The van der Waals surface area contributed by atoms with Crippen LogP contribution in [0.5, 0.6) is 0 Å². The molecule has 0 saturated heterocycles. The maximum Gasteiger partial charge on any atom is 0.0485 e. The monoisotopic (exact) mass is 293 g/mol. The SMILES string of the molecule is CCNC1CCCC1CCS(=O)Cc1cccc(C)c1. The summed E-state index contributed by atoms with van der Waals surface area (Å²) in [6.07, 6.45) is 5.03. The van der Waals surface area contributed by atoms with E-state index < -0.39 is 10.8 Å². The van der Waals surface area contributed by atoms with E-state index >= 15 is 0 Å². The zero-order chi connectivity index (χ0) is 14.4. The minimum Gasteiger partial charge on any atom is -0.314 e. The average molecular weight is 293 g/mol. The zero-order valence-electron chi connectivity index (χ0n) is 12.7. The zero-order valence-corrected chi connectivity index (χ0v) is 13.5. The highest BCUT2D eigenvalue weighted by Crippen LogP contribution is 2.28. The third kappa shape index (κ3) is 4.71. The molecule has 1 aromatic rings. The van der Waals surface area contributed by atoms with Gasteiger partial charge in [-0.25, -0.2) is 0 Å². The van der Waals surface area contributed by atoms with Crippen LogP contribution in [0.2, 0.25) is 0 Å². The van der Waals surface area contributed by atoms with Gasteiger partial charge in [0.2, 0.25) is 0 Å². The lowest BCUT2D eigenvalue weighted by molar-refractivity contribution is 0.399. The summed E-state index contributed by atoms with van der Waals surface area (Å²) in [6, 6.07) is 9.04. The molecule has 1 saturated carbocycles. The average Bonchev–Trinajstić information content (AvgIpc) is 2.84. The largest absolute Gasteiger partial charge is 0.314 e. The van der Waals surface area contributed by atoms with Gasteiger partial charge in [-0.05, 0) is 44.2 Å². The first-order chi connectivity index (χ1) is 9.69. The second-order valence-electron chi connectivity index (χ2n) is 5.92. The summed E-state index contributed by atoms with van der Waals surface area (Å²) < 4.78 is 12.2. The van der Waals surface area contributed by atoms with E-state index in [0.717, 1.165) is 24.6 Å². The maximum absolute atomic E-state index is 12.2. The molecule has 0 heterocycles. The van der Waals surface area contributed by atoms with Gasteiger partial charge in [0, 0.05) is 28.3 Å². The van der Waals surface area contributed by atoms with Gasteiger partial charge in [0.1, 0.15) is 0 Å². The molecule has 0 radical (unpaired) electrons. The fourth-order valence-electron chi connectivity index (χ4n) is 3.26. The molecule has 0 bridgehead atoms. The van der Waals surface area contributed by atoms with Crippen molar-refractivity contribution in [2.45, 2.75) is 51.3 Å². The van der Waals surface area contributed by atoms with Crippen LogP contribution in [-0.4, -0.2) is 22.5 Å². The maximum atomic E-state index is 12.2. The molecule has 1 fully saturated rings. The highest BCUT2D eigenvalue weighted by atomic mass is 32.2. The molecule has 0 aliphatic heterocycles. The molecule has 1 aromatic carbocycles. The van der Waals surface area contributed by atoms with Gasteiger partial charge >= 0.3 is 0 Å². The summed E-state index contributed by atoms with van der Waals surface area (Å²) in [5.74, 6) is 2.29. The molecule has 20 heavy (non-hydrogen) atoms. The quantitative estimate of drug-likeness (QED) is 0.834. The third-order valence-corrected chi connectivity index (χ3v) is 5.60. The second kappa shape index (κ2) is 7.94. The molecule has 112 valence electrons. The lowest BCUT2D eigenvalue weighted by Crippen LogP contribution is -2.32. The van der Waals surface area contributed by atoms with Crippen LogP contribution in [0.15, 0.2) is 24.3 Å². The Labute approximate surface area is 125 Å². The Morgan fingerprint density at radius 3 is 2.95 bits per heavy atom. The molecule has 1 aliphatic rings. The second-order valence-corrected chi connectivity index (χ2v) is 7.50. The highest BCUT2D eigenvalue weighted by molar-refractivity contribution is 7.84. The minimum atomic E-state index is -0.722. The van der Waals surface area contributed by atoms with Crippen LogP contribution in [0.4, 0.5) is 0 Å². The summed E-state index contributed by atoms with van der Waals surface area (Å²) in [5.41, 5.74) is 2.46. The topological polar surface area (TPSA) is 29.1 Å². The van der Waals surface area contributed by atoms with Gasteiger partial charge in [0.15, 0.2) is 0 Å². The van der Waals surface area contributed by atoms with Gasteiger partial charge < -0.3 is 5.32 Å². The lowest BCUT2D eigenvalue weighted by atomic mass is 10.0. The summed E-state index contributed by atoms with van der Waals surface area (Å²) in [6.45, 7) is 5.31. The highest BCUT2D eigenvalue weighted by Gasteiger charge is 2.26. The molecule has 0 aromatic heterocycles. The Morgan fingerprint density at radius 2 is 2.20 bits per heavy atom. The molecular formula is C17H27NOS. The van der Waals surface area contributed by atoms with Crippen LogP contribution in [0.3, 0.4) is 0 Å². The Bertz CT molecular complexity index is 446. The molecule has 1 aliphatic carbocycles. The smallest absolute Gasteiger partial charge is 0.0485 e. The minimum absolute atomic E-state index is 0.663. The van der Waals surface area contributed by atoms with Crippen molar-refractivity contribution in [3.05, 3.63) is 35.4 Å². The molecule has 3 atom stereocenters. The molecule has 2 nitrogen and oxygen atoms in total. The van der Waals surface area contributed by atoms with Crippen molar-refractivity contribution in [3.63, 3.8) is 0 Å². The van der Waals surface area contributed by atoms with Crippen molar-refractivity contribution in [2.24, 2.45) is 5.92 Å². The van der Waals surface area contributed by atoms with Crippen LogP contribution < -0.4 is 5.32 Å². The number of aryl methyl sites for hydroxylation is 1. The normalized spacial score (nSPS) is 23.9. The Hall–Kier alpha value is -0.670. The number of benzene rings is 1. The van der Waals surface area contributed by atoms with Gasteiger partial charge in [-0.3, -0.25) is 4.21 Å². The summed E-state index contributed by atoms with van der Waals surface area (Å²) in [7, 11) is -0.722. The number of rotatable bonds is 7. The fourth-order valence-corrected chi connectivity index (χ4v) is 4.52. The summed E-state index contributed by atoms with van der Waals surface area (Å²) >= 11 is 0. The number of nitrogens with one attached hydrogen (secondary N) is 1. The predicted octanol–water partition coefficient (Wildman–Crippen LogP) is 3.41. The molecule has 1 N–H and O–H groups in total. The van der Waals surface area contributed by atoms with Gasteiger partial charge in [0.05, 0.1) is 0 Å². The Morgan fingerprint density at radius 1 is 1.35 bits per heavy atom. The van der Waals surface area contributed by atoms with Crippen molar-refractivity contribution < 1.29 is 4.21 Å². The molecular weight excluding hydrogens is 266 g/mol. The molecule has 3 unspecified atom stereocenters. The molecule has 2 rings (SSSR count). The van der Waals surface area contributed by atoms with E-state index in [4.69, 9.17) is 0 Å².